The first-order valence-corrected chi connectivity index (χ1v) is 8.91. The van der Waals surface area contributed by atoms with E-state index in [9.17, 15) is 18.4 Å². The number of allylic oxidation sites excluding steroid dienone is 1. The molecule has 2 N–H and O–H groups in total. The van der Waals surface area contributed by atoms with Gasteiger partial charge >= 0.3 is 6.03 Å². The van der Waals surface area contributed by atoms with Crippen molar-refractivity contribution in [2.24, 2.45) is 5.92 Å². The van der Waals surface area contributed by atoms with Crippen molar-refractivity contribution in [3.05, 3.63) is 11.7 Å². The normalized spacial score (nSPS) is 30.9. The van der Waals surface area contributed by atoms with Gasteiger partial charge in [-0.3, -0.25) is 4.79 Å². The number of piperidine rings is 1. The summed E-state index contributed by atoms with van der Waals surface area (Å²) in [7, 11) is 0. The van der Waals surface area contributed by atoms with Crippen molar-refractivity contribution in [3.8, 4) is 0 Å². The van der Waals surface area contributed by atoms with E-state index in [1.165, 1.54) is 0 Å². The van der Waals surface area contributed by atoms with Crippen LogP contribution in [-0.4, -0.2) is 42.0 Å². The Hall–Kier alpha value is -1.66. The molecule has 3 rings (SSSR count). The molecule has 2 heterocycles. The number of likely N-dealkylation sites (tertiary alicyclic amines) is 1. The number of amides is 3. The largest absolute Gasteiger partial charge is 0.356 e. The van der Waals surface area contributed by atoms with E-state index in [2.05, 4.69) is 10.6 Å². The molecule has 2 atom stereocenters. The SMILES string of the molecule is O=C1CC(C2CCCCN2C(=O)NC2CCC(=C(F)F)CC2)CN1. The molecule has 2 aliphatic heterocycles. The first kappa shape index (κ1) is 17.2. The first-order chi connectivity index (χ1) is 11.5. The molecule has 1 aliphatic carbocycles. The molecule has 0 bridgehead atoms. The Morgan fingerprint density at radius 2 is 1.92 bits per heavy atom. The number of urea groups is 1. The fraction of sp³-hybridized carbons (Fsp3) is 0.765. The number of nitrogens with zero attached hydrogens (tertiary/aromatic N) is 1. The average molecular weight is 341 g/mol. The summed E-state index contributed by atoms with van der Waals surface area (Å²) in [6.45, 7) is 1.35. The standard InChI is InChI=1S/C17H25F2N3O2/c18-16(19)11-4-6-13(7-5-11)21-17(24)22-8-2-1-3-14(22)12-9-15(23)20-10-12/h12-14H,1-10H2,(H,20,23)(H,21,24). The van der Waals surface area contributed by atoms with E-state index in [0.717, 1.165) is 19.3 Å². The fourth-order valence-electron chi connectivity index (χ4n) is 4.16. The van der Waals surface area contributed by atoms with Crippen LogP contribution in [0.15, 0.2) is 11.7 Å². The van der Waals surface area contributed by atoms with E-state index in [1.807, 2.05) is 4.90 Å². The van der Waals surface area contributed by atoms with Crippen molar-refractivity contribution < 1.29 is 18.4 Å². The maximum absolute atomic E-state index is 12.7. The lowest BCUT2D eigenvalue weighted by molar-refractivity contribution is -0.119. The molecule has 0 radical (unpaired) electrons. The Kier molecular flexibility index (Phi) is 5.36. The molecule has 2 unspecified atom stereocenters. The van der Waals surface area contributed by atoms with Crippen molar-refractivity contribution in [1.82, 2.24) is 15.5 Å². The molecule has 3 fully saturated rings. The highest BCUT2D eigenvalue weighted by atomic mass is 19.3. The topological polar surface area (TPSA) is 61.4 Å². The highest BCUT2D eigenvalue weighted by molar-refractivity contribution is 5.79. The number of carbonyl (C=O) groups excluding carboxylic acids is 2. The maximum Gasteiger partial charge on any atom is 0.317 e. The summed E-state index contributed by atoms with van der Waals surface area (Å²) in [6.07, 6.45) is 3.76. The predicted molar refractivity (Wildman–Crippen MR) is 85.5 cm³/mol. The number of carbonyl (C=O) groups is 2. The zero-order chi connectivity index (χ0) is 17.1. The van der Waals surface area contributed by atoms with Gasteiger partial charge in [0.1, 0.15) is 0 Å². The summed E-state index contributed by atoms with van der Waals surface area (Å²) >= 11 is 0. The van der Waals surface area contributed by atoms with E-state index >= 15 is 0 Å². The van der Waals surface area contributed by atoms with Crippen LogP contribution in [0.1, 0.15) is 51.4 Å². The van der Waals surface area contributed by atoms with Crippen LogP contribution in [0.5, 0.6) is 0 Å². The first-order valence-electron chi connectivity index (χ1n) is 8.91. The van der Waals surface area contributed by atoms with Crippen molar-refractivity contribution in [2.45, 2.75) is 63.5 Å². The lowest BCUT2D eigenvalue weighted by Gasteiger charge is -2.39. The van der Waals surface area contributed by atoms with Crippen LogP contribution in [0.2, 0.25) is 0 Å². The zero-order valence-electron chi connectivity index (χ0n) is 13.8. The highest BCUT2D eigenvalue weighted by Gasteiger charge is 2.37. The van der Waals surface area contributed by atoms with E-state index in [0.29, 0.717) is 45.2 Å². The summed E-state index contributed by atoms with van der Waals surface area (Å²) in [5.41, 5.74) is 0.229. The van der Waals surface area contributed by atoms with Crippen molar-refractivity contribution in [3.63, 3.8) is 0 Å². The van der Waals surface area contributed by atoms with Crippen LogP contribution >= 0.6 is 0 Å². The Balaban J connectivity index is 1.57. The zero-order valence-corrected chi connectivity index (χ0v) is 13.8. The number of nitrogens with one attached hydrogen (secondary N) is 2. The molecule has 2 saturated heterocycles. The van der Waals surface area contributed by atoms with E-state index in [1.54, 1.807) is 0 Å². The van der Waals surface area contributed by atoms with Crippen LogP contribution < -0.4 is 10.6 Å². The fourth-order valence-corrected chi connectivity index (χ4v) is 4.16. The quantitative estimate of drug-likeness (QED) is 0.811. The molecular formula is C17H25F2N3O2. The van der Waals surface area contributed by atoms with E-state index in [4.69, 9.17) is 0 Å². The number of rotatable bonds is 2. The van der Waals surface area contributed by atoms with Crippen molar-refractivity contribution in [2.75, 3.05) is 13.1 Å². The Morgan fingerprint density at radius 1 is 1.17 bits per heavy atom. The Morgan fingerprint density at radius 3 is 2.54 bits per heavy atom. The Labute approximate surface area is 140 Å². The third-order valence-corrected chi connectivity index (χ3v) is 5.55. The van der Waals surface area contributed by atoms with E-state index < -0.39 is 6.08 Å². The molecule has 7 heteroatoms. The highest BCUT2D eigenvalue weighted by Crippen LogP contribution is 2.30. The van der Waals surface area contributed by atoms with Crippen LogP contribution in [0.4, 0.5) is 13.6 Å². The second kappa shape index (κ2) is 7.49. The van der Waals surface area contributed by atoms with Crippen molar-refractivity contribution in [1.29, 1.82) is 0 Å². The minimum atomic E-state index is -1.56. The molecule has 0 aromatic rings. The molecule has 5 nitrogen and oxygen atoms in total. The average Bonchev–Trinajstić information content (AvgIpc) is 3.01. The van der Waals surface area contributed by atoms with Gasteiger partial charge in [-0.15, -0.1) is 0 Å². The van der Waals surface area contributed by atoms with Crippen LogP contribution in [0, 0.1) is 5.92 Å². The Bertz CT molecular complexity index is 524. The summed E-state index contributed by atoms with van der Waals surface area (Å²) in [5, 5.41) is 5.88. The minimum Gasteiger partial charge on any atom is -0.356 e. The van der Waals surface area contributed by atoms with Gasteiger partial charge in [-0.05, 0) is 50.5 Å². The monoisotopic (exact) mass is 341 g/mol. The lowest BCUT2D eigenvalue weighted by atomic mass is 9.89. The molecule has 0 aromatic heterocycles. The van der Waals surface area contributed by atoms with Gasteiger partial charge in [-0.2, -0.15) is 8.78 Å². The summed E-state index contributed by atoms with van der Waals surface area (Å²) in [6, 6.07) is -0.0382. The van der Waals surface area contributed by atoms with Gasteiger partial charge in [-0.1, -0.05) is 0 Å². The van der Waals surface area contributed by atoms with Gasteiger partial charge in [0.25, 0.3) is 6.08 Å². The summed E-state index contributed by atoms with van der Waals surface area (Å²) in [4.78, 5) is 26.0. The number of hydrogen-bond donors (Lipinski definition) is 2. The third kappa shape index (κ3) is 3.87. The van der Waals surface area contributed by atoms with Gasteiger partial charge in [0.05, 0.1) is 0 Å². The molecule has 3 amide bonds. The minimum absolute atomic E-state index is 0.0356. The molecule has 24 heavy (non-hydrogen) atoms. The number of halogens is 2. The smallest absolute Gasteiger partial charge is 0.317 e. The molecule has 0 aromatic carbocycles. The second-order valence-electron chi connectivity index (χ2n) is 7.11. The summed E-state index contributed by atoms with van der Waals surface area (Å²) < 4.78 is 25.2. The van der Waals surface area contributed by atoms with Gasteiger partial charge < -0.3 is 15.5 Å². The molecule has 1 saturated carbocycles. The van der Waals surface area contributed by atoms with Crippen LogP contribution in [0.25, 0.3) is 0 Å². The summed E-state index contributed by atoms with van der Waals surface area (Å²) in [5.74, 6) is 0.246. The lowest BCUT2D eigenvalue weighted by Crippen LogP contribution is -2.54. The van der Waals surface area contributed by atoms with Crippen molar-refractivity contribution >= 4 is 11.9 Å². The predicted octanol–water partition coefficient (Wildman–Crippen LogP) is 2.78. The molecule has 3 aliphatic rings. The van der Waals surface area contributed by atoms with Gasteiger partial charge in [0, 0.05) is 37.5 Å². The molecular weight excluding hydrogens is 316 g/mol. The van der Waals surface area contributed by atoms with Gasteiger partial charge in [-0.25, -0.2) is 4.79 Å². The third-order valence-electron chi connectivity index (χ3n) is 5.55. The van der Waals surface area contributed by atoms with Crippen LogP contribution in [-0.2, 0) is 4.79 Å². The molecule has 134 valence electrons. The maximum atomic E-state index is 12.7. The van der Waals surface area contributed by atoms with E-state index in [-0.39, 0.29) is 35.5 Å². The number of hydrogen-bond acceptors (Lipinski definition) is 2. The molecule has 0 spiro atoms. The van der Waals surface area contributed by atoms with Gasteiger partial charge in [0.15, 0.2) is 0 Å². The van der Waals surface area contributed by atoms with Crippen LogP contribution in [0.3, 0.4) is 0 Å². The second-order valence-corrected chi connectivity index (χ2v) is 7.11. The van der Waals surface area contributed by atoms with Gasteiger partial charge in [0.2, 0.25) is 5.91 Å².